The first-order valence-corrected chi connectivity index (χ1v) is 11.4. The van der Waals surface area contributed by atoms with Crippen molar-refractivity contribution in [2.75, 3.05) is 31.5 Å². The van der Waals surface area contributed by atoms with Crippen molar-refractivity contribution in [3.63, 3.8) is 0 Å². The summed E-state index contributed by atoms with van der Waals surface area (Å²) in [6.07, 6.45) is 5.38. The fraction of sp³-hybridized carbons (Fsp3) is 0.500. The molecular weight excluding hydrogens is 370 g/mol. The molecule has 0 aliphatic carbocycles. The third kappa shape index (κ3) is 6.03. The van der Waals surface area contributed by atoms with E-state index in [-0.39, 0.29) is 0 Å². The van der Waals surface area contributed by atoms with Gasteiger partial charge in [-0.1, -0.05) is 24.3 Å². The Morgan fingerprint density at radius 2 is 1.85 bits per heavy atom. The number of hydrogen-bond donors (Lipinski definition) is 2. The Labute approximate surface area is 173 Å². The molecule has 1 aliphatic rings. The topological polar surface area (TPSA) is 19.7 Å². The molecular formula is C22H32N3S2+. The van der Waals surface area contributed by atoms with Crippen LogP contribution in [0.5, 0.6) is 0 Å². The molecule has 1 saturated heterocycles. The molecule has 0 spiro atoms. The van der Waals surface area contributed by atoms with E-state index in [0.29, 0.717) is 0 Å². The molecule has 0 radical (unpaired) electrons. The number of anilines is 1. The molecule has 0 saturated carbocycles. The number of para-hydroxylation sites is 1. The number of likely N-dealkylation sites (tertiary alicyclic amines) is 1. The van der Waals surface area contributed by atoms with Crippen LogP contribution in [0.3, 0.4) is 0 Å². The maximum atomic E-state index is 5.83. The molecule has 1 aromatic carbocycles. The molecule has 1 aliphatic heterocycles. The second-order valence-electron chi connectivity index (χ2n) is 7.61. The molecule has 5 heteroatoms. The molecule has 3 rings (SSSR count). The standard InChI is InChI=1S/C22H31N3S2/c1-18-9-6-10-19(2)21(18)23-22(26)25(17-20-11-7-16-27-20)15-8-14-24-12-4-3-5-13-24/h6-7,9-11,16H,3-5,8,12-15,17H2,1-2H3,(H,23,26)/p+1. The lowest BCUT2D eigenvalue weighted by Gasteiger charge is -2.28. The van der Waals surface area contributed by atoms with E-state index in [1.807, 2.05) is 11.3 Å². The van der Waals surface area contributed by atoms with Gasteiger partial charge in [0.1, 0.15) is 0 Å². The van der Waals surface area contributed by atoms with Gasteiger partial charge in [-0.3, -0.25) is 0 Å². The van der Waals surface area contributed by atoms with Crippen molar-refractivity contribution >= 4 is 34.4 Å². The molecule has 2 aromatic rings. The van der Waals surface area contributed by atoms with Crippen molar-refractivity contribution in [2.45, 2.75) is 46.1 Å². The molecule has 1 aromatic heterocycles. The second kappa shape index (κ2) is 10.2. The van der Waals surface area contributed by atoms with E-state index in [1.54, 1.807) is 4.90 Å². The van der Waals surface area contributed by atoms with Gasteiger partial charge in [0.25, 0.3) is 0 Å². The minimum absolute atomic E-state index is 0.842. The van der Waals surface area contributed by atoms with E-state index in [1.165, 1.54) is 61.3 Å². The molecule has 3 nitrogen and oxygen atoms in total. The van der Waals surface area contributed by atoms with Gasteiger partial charge in [0, 0.05) is 23.5 Å². The summed E-state index contributed by atoms with van der Waals surface area (Å²) in [6.45, 7) is 10.1. The van der Waals surface area contributed by atoms with Gasteiger partial charge >= 0.3 is 0 Å². The smallest absolute Gasteiger partial charge is 0.173 e. The molecule has 0 bridgehead atoms. The fourth-order valence-corrected chi connectivity index (χ4v) is 4.84. The molecule has 27 heavy (non-hydrogen) atoms. The van der Waals surface area contributed by atoms with E-state index >= 15 is 0 Å². The van der Waals surface area contributed by atoms with Crippen LogP contribution in [0, 0.1) is 13.8 Å². The molecule has 1 fully saturated rings. The lowest BCUT2D eigenvalue weighted by Crippen LogP contribution is -3.12. The number of thiocarbonyl (C=S) groups is 1. The fourth-order valence-electron chi connectivity index (χ4n) is 3.86. The van der Waals surface area contributed by atoms with Crippen LogP contribution in [-0.2, 0) is 6.54 Å². The van der Waals surface area contributed by atoms with Crippen LogP contribution < -0.4 is 10.2 Å². The molecule has 2 heterocycles. The predicted octanol–water partition coefficient (Wildman–Crippen LogP) is 4.02. The summed E-state index contributed by atoms with van der Waals surface area (Å²) in [4.78, 5) is 5.48. The SMILES string of the molecule is Cc1cccc(C)c1NC(=S)N(CCC[NH+]1CCCCC1)Cc1cccs1. The Hall–Kier alpha value is -1.43. The first-order valence-electron chi connectivity index (χ1n) is 10.1. The van der Waals surface area contributed by atoms with E-state index in [9.17, 15) is 0 Å². The number of quaternary nitrogens is 1. The van der Waals surface area contributed by atoms with Crippen molar-refractivity contribution < 1.29 is 4.90 Å². The van der Waals surface area contributed by atoms with Gasteiger partial charge in [0.15, 0.2) is 5.11 Å². The highest BCUT2D eigenvalue weighted by molar-refractivity contribution is 7.80. The number of hydrogen-bond acceptors (Lipinski definition) is 2. The van der Waals surface area contributed by atoms with Crippen molar-refractivity contribution in [1.29, 1.82) is 0 Å². The van der Waals surface area contributed by atoms with Crippen LogP contribution in [-0.4, -0.2) is 36.2 Å². The summed E-state index contributed by atoms with van der Waals surface area (Å²) in [5.74, 6) is 0. The van der Waals surface area contributed by atoms with Crippen molar-refractivity contribution in [2.24, 2.45) is 0 Å². The highest BCUT2D eigenvalue weighted by Crippen LogP contribution is 2.21. The average molecular weight is 403 g/mol. The van der Waals surface area contributed by atoms with Gasteiger partial charge in [-0.2, -0.15) is 0 Å². The van der Waals surface area contributed by atoms with Crippen molar-refractivity contribution in [3.05, 3.63) is 51.7 Å². The van der Waals surface area contributed by atoms with Crippen LogP contribution in [0.25, 0.3) is 0 Å². The Bertz CT molecular complexity index is 701. The number of rotatable bonds is 7. The summed E-state index contributed by atoms with van der Waals surface area (Å²) in [6, 6.07) is 10.7. The second-order valence-corrected chi connectivity index (χ2v) is 9.03. The first kappa shape index (κ1) is 20.3. The van der Waals surface area contributed by atoms with Gasteiger partial charge in [0.2, 0.25) is 0 Å². The lowest BCUT2D eigenvalue weighted by molar-refractivity contribution is -0.905. The normalized spacial score (nSPS) is 14.9. The third-order valence-electron chi connectivity index (χ3n) is 5.45. The summed E-state index contributed by atoms with van der Waals surface area (Å²) < 4.78 is 0. The quantitative estimate of drug-likeness (QED) is 0.683. The molecule has 0 unspecified atom stereocenters. The maximum absolute atomic E-state index is 5.83. The Morgan fingerprint density at radius 3 is 2.52 bits per heavy atom. The number of benzene rings is 1. The minimum atomic E-state index is 0.842. The molecule has 0 amide bonds. The van der Waals surface area contributed by atoms with Crippen LogP contribution in [0.1, 0.15) is 41.7 Å². The number of nitrogens with one attached hydrogen (secondary N) is 2. The largest absolute Gasteiger partial charge is 0.344 e. The third-order valence-corrected chi connectivity index (χ3v) is 6.67. The summed E-state index contributed by atoms with van der Waals surface area (Å²) >= 11 is 7.64. The summed E-state index contributed by atoms with van der Waals surface area (Å²) in [7, 11) is 0. The minimum Gasteiger partial charge on any atom is -0.344 e. The van der Waals surface area contributed by atoms with Gasteiger partial charge in [-0.05, 0) is 67.9 Å². The number of aryl methyl sites for hydroxylation is 2. The zero-order chi connectivity index (χ0) is 19.1. The maximum Gasteiger partial charge on any atom is 0.173 e. The summed E-state index contributed by atoms with van der Waals surface area (Å²) in [5, 5.41) is 6.52. The van der Waals surface area contributed by atoms with Crippen LogP contribution >= 0.6 is 23.6 Å². The molecule has 2 N–H and O–H groups in total. The monoisotopic (exact) mass is 402 g/mol. The van der Waals surface area contributed by atoms with E-state index in [2.05, 4.69) is 59.8 Å². The van der Waals surface area contributed by atoms with Gasteiger partial charge in [-0.15, -0.1) is 11.3 Å². The predicted molar refractivity (Wildman–Crippen MR) is 121 cm³/mol. The highest BCUT2D eigenvalue weighted by atomic mass is 32.1. The average Bonchev–Trinajstić information content (AvgIpc) is 3.18. The molecule has 0 atom stereocenters. The van der Waals surface area contributed by atoms with Crippen molar-refractivity contribution in [3.8, 4) is 0 Å². The van der Waals surface area contributed by atoms with Crippen LogP contribution in [0.2, 0.25) is 0 Å². The van der Waals surface area contributed by atoms with Crippen molar-refractivity contribution in [1.82, 2.24) is 4.90 Å². The first-order chi connectivity index (χ1) is 13.1. The van der Waals surface area contributed by atoms with Crippen LogP contribution in [0.15, 0.2) is 35.7 Å². The van der Waals surface area contributed by atoms with Gasteiger partial charge < -0.3 is 15.1 Å². The van der Waals surface area contributed by atoms with Gasteiger partial charge in [-0.25, -0.2) is 0 Å². The Morgan fingerprint density at radius 1 is 1.11 bits per heavy atom. The Balaban J connectivity index is 1.62. The zero-order valence-corrected chi connectivity index (χ0v) is 18.2. The lowest BCUT2D eigenvalue weighted by atomic mass is 10.1. The number of nitrogens with zero attached hydrogens (tertiary/aromatic N) is 1. The van der Waals surface area contributed by atoms with E-state index in [4.69, 9.17) is 12.2 Å². The summed E-state index contributed by atoms with van der Waals surface area (Å²) in [5.41, 5.74) is 3.64. The van der Waals surface area contributed by atoms with E-state index in [0.717, 1.165) is 23.9 Å². The number of thiophene rings is 1. The zero-order valence-electron chi connectivity index (χ0n) is 16.6. The van der Waals surface area contributed by atoms with Gasteiger partial charge in [0.05, 0.1) is 26.2 Å². The number of piperidine rings is 1. The highest BCUT2D eigenvalue weighted by Gasteiger charge is 2.16. The van der Waals surface area contributed by atoms with E-state index < -0.39 is 0 Å². The Kier molecular flexibility index (Phi) is 7.68. The molecule has 146 valence electrons. The van der Waals surface area contributed by atoms with Crippen LogP contribution in [0.4, 0.5) is 5.69 Å².